The van der Waals surface area contributed by atoms with E-state index in [4.69, 9.17) is 17.7 Å². The van der Waals surface area contributed by atoms with Gasteiger partial charge in [0, 0.05) is 34.5 Å². The van der Waals surface area contributed by atoms with Crippen LogP contribution >= 0.6 is 0 Å². The topological polar surface area (TPSA) is 36.9 Å². The highest BCUT2D eigenvalue weighted by molar-refractivity contribution is 6.77. The number of rotatable bonds is 7. The molecular formula is C9H22O4Si2. The van der Waals surface area contributed by atoms with Gasteiger partial charge in [0.2, 0.25) is 0 Å². The molecule has 15 heavy (non-hydrogen) atoms. The molecule has 0 atom stereocenters. The lowest BCUT2D eigenvalue weighted by molar-refractivity contribution is 0.245. The van der Waals surface area contributed by atoms with E-state index in [2.05, 4.69) is 6.58 Å². The van der Waals surface area contributed by atoms with Crippen molar-refractivity contribution in [1.29, 1.82) is 0 Å². The lowest BCUT2D eigenvalue weighted by Gasteiger charge is -2.30. The summed E-state index contributed by atoms with van der Waals surface area (Å²) >= 11 is 0. The molecule has 0 aliphatic rings. The summed E-state index contributed by atoms with van der Waals surface area (Å²) in [5.41, 5.74) is 0. The maximum Gasteiger partial charge on any atom is 0.363 e. The van der Waals surface area contributed by atoms with Crippen molar-refractivity contribution in [3.63, 3.8) is 0 Å². The second kappa shape index (κ2) is 5.93. The Morgan fingerprint density at radius 2 is 1.33 bits per heavy atom. The molecule has 6 heteroatoms. The quantitative estimate of drug-likeness (QED) is 0.646. The second-order valence-corrected chi connectivity index (χ2v) is 10.5. The Morgan fingerprint density at radius 3 is 1.60 bits per heavy atom. The zero-order valence-corrected chi connectivity index (χ0v) is 12.5. The SMILES string of the molecule is C=C(C[Si](C)(OC)OC)[Si](C)(OC)OC. The van der Waals surface area contributed by atoms with Crippen molar-refractivity contribution in [3.05, 3.63) is 11.8 Å². The fourth-order valence-electron chi connectivity index (χ4n) is 1.15. The van der Waals surface area contributed by atoms with Crippen molar-refractivity contribution >= 4 is 17.1 Å². The molecular weight excluding hydrogens is 228 g/mol. The molecule has 0 saturated carbocycles. The van der Waals surface area contributed by atoms with Gasteiger partial charge in [-0.1, -0.05) is 6.58 Å². The van der Waals surface area contributed by atoms with E-state index in [0.29, 0.717) is 6.04 Å². The molecule has 0 radical (unpaired) electrons. The van der Waals surface area contributed by atoms with Gasteiger partial charge in [-0.2, -0.15) is 0 Å². The Hall–Kier alpha value is 0.0138. The van der Waals surface area contributed by atoms with Crippen LogP contribution in [0.15, 0.2) is 11.8 Å². The fourth-order valence-corrected chi connectivity index (χ4v) is 5.37. The maximum absolute atomic E-state index is 5.41. The van der Waals surface area contributed by atoms with Gasteiger partial charge in [-0.25, -0.2) is 0 Å². The minimum Gasteiger partial charge on any atom is -0.398 e. The normalized spacial score (nSPS) is 12.9. The van der Waals surface area contributed by atoms with Gasteiger partial charge in [0.15, 0.2) is 0 Å². The van der Waals surface area contributed by atoms with E-state index in [0.717, 1.165) is 5.20 Å². The van der Waals surface area contributed by atoms with E-state index in [9.17, 15) is 0 Å². The number of allylic oxidation sites excluding steroid dienone is 1. The molecule has 0 aliphatic carbocycles. The van der Waals surface area contributed by atoms with Gasteiger partial charge in [0.05, 0.1) is 0 Å². The van der Waals surface area contributed by atoms with Crippen molar-refractivity contribution in [1.82, 2.24) is 0 Å². The molecule has 0 saturated heterocycles. The van der Waals surface area contributed by atoms with Gasteiger partial charge < -0.3 is 17.7 Å². The van der Waals surface area contributed by atoms with Crippen LogP contribution in [-0.2, 0) is 17.7 Å². The predicted molar refractivity (Wildman–Crippen MR) is 65.2 cm³/mol. The lowest BCUT2D eigenvalue weighted by Crippen LogP contribution is -2.45. The molecule has 0 heterocycles. The molecule has 0 unspecified atom stereocenters. The van der Waals surface area contributed by atoms with Gasteiger partial charge in [-0.05, 0) is 18.3 Å². The highest BCUT2D eigenvalue weighted by atomic mass is 28.4. The molecule has 0 aliphatic heterocycles. The third-order valence-corrected chi connectivity index (χ3v) is 8.99. The summed E-state index contributed by atoms with van der Waals surface area (Å²) in [6.07, 6.45) is 0. The first-order valence-corrected chi connectivity index (χ1v) is 9.60. The van der Waals surface area contributed by atoms with Crippen LogP contribution in [0.3, 0.4) is 0 Å². The standard InChI is InChI=1S/C9H22O4Si2/c1-9(15(7,12-4)13-5)8-14(6,10-2)11-3/h1,8H2,2-7H3. The Bertz CT molecular complexity index is 212. The van der Waals surface area contributed by atoms with Crippen LogP contribution in [0.4, 0.5) is 0 Å². The number of hydrogen-bond acceptors (Lipinski definition) is 4. The highest BCUT2D eigenvalue weighted by Gasteiger charge is 2.40. The first-order valence-electron chi connectivity index (χ1n) is 4.76. The summed E-state index contributed by atoms with van der Waals surface area (Å²) < 4.78 is 21.6. The van der Waals surface area contributed by atoms with E-state index in [1.54, 1.807) is 28.4 Å². The van der Waals surface area contributed by atoms with Crippen LogP contribution in [0.2, 0.25) is 19.1 Å². The average molecular weight is 250 g/mol. The zero-order valence-electron chi connectivity index (χ0n) is 10.5. The third-order valence-electron chi connectivity index (χ3n) is 2.82. The van der Waals surface area contributed by atoms with Gasteiger partial charge in [-0.3, -0.25) is 0 Å². The van der Waals surface area contributed by atoms with Crippen LogP contribution in [0.5, 0.6) is 0 Å². The summed E-state index contributed by atoms with van der Waals surface area (Å²) in [7, 11) is 2.25. The van der Waals surface area contributed by atoms with Gasteiger partial charge in [-0.15, -0.1) is 0 Å². The molecule has 0 aromatic heterocycles. The van der Waals surface area contributed by atoms with Gasteiger partial charge in [0.25, 0.3) is 0 Å². The highest BCUT2D eigenvalue weighted by Crippen LogP contribution is 2.25. The summed E-state index contributed by atoms with van der Waals surface area (Å²) in [6, 6.07) is 0.699. The molecule has 0 aromatic rings. The van der Waals surface area contributed by atoms with Crippen molar-refractivity contribution in [3.8, 4) is 0 Å². The Morgan fingerprint density at radius 1 is 0.933 bits per heavy atom. The monoisotopic (exact) mass is 250 g/mol. The van der Waals surface area contributed by atoms with E-state index >= 15 is 0 Å². The Labute approximate surface area is 94.7 Å². The van der Waals surface area contributed by atoms with Crippen molar-refractivity contribution in [2.75, 3.05) is 28.4 Å². The third kappa shape index (κ3) is 3.82. The Kier molecular flexibility index (Phi) is 5.93. The second-order valence-electron chi connectivity index (χ2n) is 3.68. The maximum atomic E-state index is 5.41. The van der Waals surface area contributed by atoms with Crippen LogP contribution in [0.25, 0.3) is 0 Å². The fraction of sp³-hybridized carbons (Fsp3) is 0.778. The molecule has 0 aromatic carbocycles. The van der Waals surface area contributed by atoms with Crippen molar-refractivity contribution in [2.24, 2.45) is 0 Å². The molecule has 90 valence electrons. The average Bonchev–Trinajstić information content (AvgIpc) is 2.27. The van der Waals surface area contributed by atoms with Gasteiger partial charge >= 0.3 is 17.1 Å². The van der Waals surface area contributed by atoms with Crippen LogP contribution < -0.4 is 0 Å². The first kappa shape index (κ1) is 15.0. The van der Waals surface area contributed by atoms with Gasteiger partial charge in [0.1, 0.15) is 0 Å². The Balaban J connectivity index is 4.60. The van der Waals surface area contributed by atoms with E-state index < -0.39 is 17.1 Å². The molecule has 0 bridgehead atoms. The summed E-state index contributed by atoms with van der Waals surface area (Å²) in [5, 5.41) is 0.963. The van der Waals surface area contributed by atoms with Crippen LogP contribution in [-0.4, -0.2) is 45.6 Å². The van der Waals surface area contributed by atoms with Crippen molar-refractivity contribution < 1.29 is 17.7 Å². The first-order chi connectivity index (χ1) is 6.87. The molecule has 0 amide bonds. The minimum absolute atomic E-state index is 0.699. The van der Waals surface area contributed by atoms with Crippen molar-refractivity contribution in [2.45, 2.75) is 19.1 Å². The summed E-state index contributed by atoms with van der Waals surface area (Å²) in [6.45, 7) is 8.00. The molecule has 0 rings (SSSR count). The van der Waals surface area contributed by atoms with Crippen LogP contribution in [0, 0.1) is 0 Å². The summed E-state index contributed by atoms with van der Waals surface area (Å²) in [4.78, 5) is 0. The van der Waals surface area contributed by atoms with Crippen LogP contribution in [0.1, 0.15) is 0 Å². The minimum atomic E-state index is -2.26. The largest absolute Gasteiger partial charge is 0.398 e. The predicted octanol–water partition coefficient (Wildman–Crippen LogP) is 1.81. The lowest BCUT2D eigenvalue weighted by atomic mass is 10.7. The number of hydrogen-bond donors (Lipinski definition) is 0. The molecule has 0 fully saturated rings. The molecule has 0 spiro atoms. The molecule has 0 N–H and O–H groups in total. The molecule has 4 nitrogen and oxygen atoms in total. The zero-order chi connectivity index (χ0) is 12.1. The smallest absolute Gasteiger partial charge is 0.363 e. The van der Waals surface area contributed by atoms with E-state index in [-0.39, 0.29) is 0 Å². The van der Waals surface area contributed by atoms with E-state index in [1.807, 2.05) is 13.1 Å². The summed E-state index contributed by atoms with van der Waals surface area (Å²) in [5.74, 6) is 0. The van der Waals surface area contributed by atoms with E-state index in [1.165, 1.54) is 0 Å².